The smallest absolute Gasteiger partial charge is 0.271 e. The zero-order valence-electron chi connectivity index (χ0n) is 11.4. The van der Waals surface area contributed by atoms with Gasteiger partial charge in [0.1, 0.15) is 4.88 Å². The molecule has 0 spiro atoms. The fraction of sp³-hybridized carbons (Fsp3) is 0. The second kappa shape index (κ2) is 6.16. The van der Waals surface area contributed by atoms with Crippen LogP contribution in [0.2, 0.25) is 10.0 Å². The van der Waals surface area contributed by atoms with Crippen molar-refractivity contribution in [3.05, 3.63) is 67.5 Å². The Morgan fingerprint density at radius 3 is 2.61 bits per heavy atom. The predicted molar refractivity (Wildman–Crippen MR) is 92.9 cm³/mol. The first kappa shape index (κ1) is 15.7. The lowest BCUT2D eigenvalue weighted by Crippen LogP contribution is -2.11. The van der Waals surface area contributed by atoms with Crippen LogP contribution in [-0.2, 0) is 0 Å². The number of hydrogen-bond acceptors (Lipinski definition) is 4. The zero-order chi connectivity index (χ0) is 16.6. The molecule has 0 aliphatic heterocycles. The van der Waals surface area contributed by atoms with Gasteiger partial charge in [0, 0.05) is 22.2 Å². The van der Waals surface area contributed by atoms with E-state index in [0.29, 0.717) is 9.90 Å². The van der Waals surface area contributed by atoms with Gasteiger partial charge in [0.05, 0.1) is 20.7 Å². The number of nitrogens with zero attached hydrogens (tertiary/aromatic N) is 1. The summed E-state index contributed by atoms with van der Waals surface area (Å²) in [7, 11) is 0. The summed E-state index contributed by atoms with van der Waals surface area (Å²) in [5, 5.41) is 14.7. The molecule has 3 rings (SSSR count). The van der Waals surface area contributed by atoms with Crippen molar-refractivity contribution in [3.8, 4) is 0 Å². The number of anilines is 1. The molecule has 0 radical (unpaired) electrons. The predicted octanol–water partition coefficient (Wildman–Crippen LogP) is 5.37. The van der Waals surface area contributed by atoms with Crippen LogP contribution in [0, 0.1) is 10.1 Å². The summed E-state index contributed by atoms with van der Waals surface area (Å²) in [6.07, 6.45) is 0. The molecule has 0 saturated carbocycles. The maximum Gasteiger partial charge on any atom is 0.271 e. The molecule has 0 aliphatic carbocycles. The van der Waals surface area contributed by atoms with Crippen LogP contribution in [0.25, 0.3) is 10.1 Å². The van der Waals surface area contributed by atoms with E-state index in [1.165, 1.54) is 29.5 Å². The first-order valence-corrected chi connectivity index (χ1v) is 7.97. The molecule has 1 aromatic heterocycles. The van der Waals surface area contributed by atoms with E-state index in [-0.39, 0.29) is 16.4 Å². The highest BCUT2D eigenvalue weighted by atomic mass is 35.5. The van der Waals surface area contributed by atoms with Crippen molar-refractivity contribution in [2.75, 3.05) is 5.32 Å². The molecule has 0 aliphatic rings. The topological polar surface area (TPSA) is 72.2 Å². The Morgan fingerprint density at radius 2 is 1.91 bits per heavy atom. The van der Waals surface area contributed by atoms with Gasteiger partial charge in [0.25, 0.3) is 11.6 Å². The summed E-state index contributed by atoms with van der Waals surface area (Å²) in [6, 6.07) is 11.2. The average molecular weight is 367 g/mol. The molecule has 23 heavy (non-hydrogen) atoms. The molecule has 1 N–H and O–H groups in total. The largest absolute Gasteiger partial charge is 0.320 e. The number of rotatable bonds is 3. The number of nitro benzene ring substituents is 1. The van der Waals surface area contributed by atoms with Crippen molar-refractivity contribution in [2.24, 2.45) is 0 Å². The van der Waals surface area contributed by atoms with Gasteiger partial charge in [-0.3, -0.25) is 14.9 Å². The maximum atomic E-state index is 12.4. The van der Waals surface area contributed by atoms with E-state index in [1.807, 2.05) is 24.3 Å². The van der Waals surface area contributed by atoms with Crippen LogP contribution in [0.5, 0.6) is 0 Å². The summed E-state index contributed by atoms with van der Waals surface area (Å²) in [5.74, 6) is -0.460. The Labute approximate surface area is 144 Å². The molecule has 2 aromatic carbocycles. The number of fused-ring (bicyclic) bond motifs is 1. The molecule has 8 heteroatoms. The second-order valence-electron chi connectivity index (χ2n) is 4.62. The molecule has 116 valence electrons. The molecule has 1 amide bonds. The molecule has 1 heterocycles. The van der Waals surface area contributed by atoms with E-state index in [1.54, 1.807) is 0 Å². The molecular formula is C15H8Cl2N2O3S. The summed E-state index contributed by atoms with van der Waals surface area (Å²) >= 11 is 13.5. The van der Waals surface area contributed by atoms with Crippen LogP contribution in [0.15, 0.2) is 42.5 Å². The number of nitro groups is 1. The van der Waals surface area contributed by atoms with Gasteiger partial charge in [-0.25, -0.2) is 0 Å². The summed E-state index contributed by atoms with van der Waals surface area (Å²) in [5.41, 5.74) is 0.00604. The van der Waals surface area contributed by atoms with Gasteiger partial charge in [-0.1, -0.05) is 41.4 Å². The van der Waals surface area contributed by atoms with Crippen molar-refractivity contribution in [3.63, 3.8) is 0 Å². The number of hydrogen-bond donors (Lipinski definition) is 1. The minimum Gasteiger partial charge on any atom is -0.320 e. The minimum absolute atomic E-state index is 0.160. The summed E-state index contributed by atoms with van der Waals surface area (Å²) in [6.45, 7) is 0. The van der Waals surface area contributed by atoms with Gasteiger partial charge in [-0.05, 0) is 12.1 Å². The van der Waals surface area contributed by atoms with E-state index < -0.39 is 10.8 Å². The molecule has 5 nitrogen and oxygen atoms in total. The van der Waals surface area contributed by atoms with Crippen LogP contribution in [-0.4, -0.2) is 10.8 Å². The third-order valence-electron chi connectivity index (χ3n) is 3.15. The number of benzene rings is 2. The fourth-order valence-electron chi connectivity index (χ4n) is 2.06. The van der Waals surface area contributed by atoms with Crippen molar-refractivity contribution in [2.45, 2.75) is 0 Å². The number of carbonyl (C=O) groups is 1. The fourth-order valence-corrected chi connectivity index (χ4v) is 3.64. The average Bonchev–Trinajstić information content (AvgIpc) is 2.87. The van der Waals surface area contributed by atoms with Crippen LogP contribution in [0.1, 0.15) is 9.67 Å². The first-order chi connectivity index (χ1) is 11.0. The third-order valence-corrected chi connectivity index (χ3v) is 5.15. The van der Waals surface area contributed by atoms with Gasteiger partial charge in [0.2, 0.25) is 0 Å². The van der Waals surface area contributed by atoms with E-state index >= 15 is 0 Å². The van der Waals surface area contributed by atoms with Crippen molar-refractivity contribution >= 4 is 61.9 Å². The van der Waals surface area contributed by atoms with Gasteiger partial charge >= 0.3 is 0 Å². The first-order valence-electron chi connectivity index (χ1n) is 6.39. The number of nitrogens with one attached hydrogen (secondary N) is 1. The Kier molecular flexibility index (Phi) is 4.21. The molecular weight excluding hydrogens is 359 g/mol. The number of halogens is 2. The Morgan fingerprint density at radius 1 is 1.17 bits per heavy atom. The number of amides is 1. The van der Waals surface area contributed by atoms with Gasteiger partial charge in [-0.2, -0.15) is 0 Å². The molecule has 0 saturated heterocycles. The number of carbonyl (C=O) groups excluding carboxylic acids is 1. The number of non-ortho nitro benzene ring substituents is 1. The van der Waals surface area contributed by atoms with Gasteiger partial charge < -0.3 is 5.32 Å². The molecule has 0 unspecified atom stereocenters. The van der Waals surface area contributed by atoms with E-state index in [4.69, 9.17) is 23.2 Å². The number of thiophene rings is 1. The van der Waals surface area contributed by atoms with Crippen LogP contribution in [0.3, 0.4) is 0 Å². The Balaban J connectivity index is 1.96. The highest BCUT2D eigenvalue weighted by molar-refractivity contribution is 7.21. The minimum atomic E-state index is -0.557. The van der Waals surface area contributed by atoms with Crippen LogP contribution >= 0.6 is 34.5 Å². The molecule has 0 bridgehead atoms. The summed E-state index contributed by atoms with van der Waals surface area (Å²) < 4.78 is 0.882. The van der Waals surface area contributed by atoms with E-state index in [2.05, 4.69) is 5.32 Å². The Bertz CT molecular complexity index is 940. The standard InChI is InChI=1S/C15H8Cl2N2O3S/c16-10-6-5-8(19(21)22)7-11(10)18-15(20)14-13(17)9-3-1-2-4-12(9)23-14/h1-7H,(H,18,20). The lowest BCUT2D eigenvalue weighted by atomic mass is 10.2. The normalized spacial score (nSPS) is 10.7. The molecule has 0 fully saturated rings. The lowest BCUT2D eigenvalue weighted by molar-refractivity contribution is -0.384. The van der Waals surface area contributed by atoms with Crippen molar-refractivity contribution < 1.29 is 9.72 Å². The second-order valence-corrected chi connectivity index (χ2v) is 6.45. The quantitative estimate of drug-likeness (QED) is 0.500. The maximum absolute atomic E-state index is 12.4. The van der Waals surface area contributed by atoms with E-state index in [9.17, 15) is 14.9 Å². The third kappa shape index (κ3) is 3.01. The van der Waals surface area contributed by atoms with Crippen LogP contribution in [0.4, 0.5) is 11.4 Å². The van der Waals surface area contributed by atoms with Gasteiger partial charge in [0.15, 0.2) is 0 Å². The summed E-state index contributed by atoms with van der Waals surface area (Å²) in [4.78, 5) is 23.0. The van der Waals surface area contributed by atoms with E-state index in [0.717, 1.165) is 10.1 Å². The van der Waals surface area contributed by atoms with Crippen molar-refractivity contribution in [1.82, 2.24) is 0 Å². The van der Waals surface area contributed by atoms with Crippen molar-refractivity contribution in [1.29, 1.82) is 0 Å². The lowest BCUT2D eigenvalue weighted by Gasteiger charge is -2.06. The SMILES string of the molecule is O=C(Nc1cc([N+](=O)[O-])ccc1Cl)c1sc2ccccc2c1Cl. The molecule has 0 atom stereocenters. The van der Waals surface area contributed by atoms with Crippen LogP contribution < -0.4 is 5.32 Å². The highest BCUT2D eigenvalue weighted by Gasteiger charge is 2.19. The zero-order valence-corrected chi connectivity index (χ0v) is 13.7. The monoisotopic (exact) mass is 366 g/mol. The Hall–Kier alpha value is -2.15. The van der Waals surface area contributed by atoms with Gasteiger partial charge in [-0.15, -0.1) is 11.3 Å². The highest BCUT2D eigenvalue weighted by Crippen LogP contribution is 2.36. The molecule has 3 aromatic rings.